The van der Waals surface area contributed by atoms with Gasteiger partial charge >= 0.3 is 0 Å². The van der Waals surface area contributed by atoms with Crippen molar-refractivity contribution in [3.63, 3.8) is 0 Å². The van der Waals surface area contributed by atoms with Crippen molar-refractivity contribution in [3.05, 3.63) is 33.8 Å². The van der Waals surface area contributed by atoms with E-state index in [0.717, 1.165) is 6.42 Å². The van der Waals surface area contributed by atoms with Gasteiger partial charge in [0, 0.05) is 16.1 Å². The van der Waals surface area contributed by atoms with Crippen molar-refractivity contribution in [2.45, 2.75) is 31.9 Å². The van der Waals surface area contributed by atoms with Crippen LogP contribution >= 0.6 is 23.2 Å². The van der Waals surface area contributed by atoms with E-state index < -0.39 is 6.10 Å². The lowest BCUT2D eigenvalue weighted by atomic mass is 10.1. The van der Waals surface area contributed by atoms with E-state index in [1.165, 1.54) is 0 Å². The predicted octanol–water partition coefficient (Wildman–Crippen LogP) is 2.94. The third-order valence-electron chi connectivity index (χ3n) is 3.10. The molecule has 1 aliphatic carbocycles. The molecule has 0 heterocycles. The molecule has 98 valence electrons. The van der Waals surface area contributed by atoms with Gasteiger partial charge in [0.15, 0.2) is 0 Å². The summed E-state index contributed by atoms with van der Waals surface area (Å²) in [6.45, 7) is 2.08. The predicted molar refractivity (Wildman–Crippen MR) is 71.8 cm³/mol. The Morgan fingerprint density at radius 1 is 1.44 bits per heavy atom. The topological polar surface area (TPSA) is 49.3 Å². The molecule has 0 aliphatic heterocycles. The van der Waals surface area contributed by atoms with Gasteiger partial charge < -0.3 is 10.4 Å². The lowest BCUT2D eigenvalue weighted by Crippen LogP contribution is -2.27. The Morgan fingerprint density at radius 3 is 2.50 bits per heavy atom. The monoisotopic (exact) mass is 287 g/mol. The highest BCUT2D eigenvalue weighted by atomic mass is 35.5. The van der Waals surface area contributed by atoms with Gasteiger partial charge in [-0.05, 0) is 36.1 Å². The van der Waals surface area contributed by atoms with Gasteiger partial charge in [0.05, 0.1) is 12.5 Å². The van der Waals surface area contributed by atoms with Crippen molar-refractivity contribution in [3.8, 4) is 0 Å². The van der Waals surface area contributed by atoms with E-state index in [0.29, 0.717) is 21.5 Å². The van der Waals surface area contributed by atoms with Crippen molar-refractivity contribution in [1.29, 1.82) is 0 Å². The zero-order chi connectivity index (χ0) is 13.3. The Kier molecular flexibility index (Phi) is 4.15. The number of hydrogen-bond acceptors (Lipinski definition) is 2. The number of nitrogens with one attached hydrogen (secondary N) is 1. The summed E-state index contributed by atoms with van der Waals surface area (Å²) < 4.78 is 0. The SMILES string of the molecule is CC1CC1NC(=O)CC(O)c1cc(Cl)cc(Cl)c1. The van der Waals surface area contributed by atoms with Crippen LogP contribution in [-0.2, 0) is 4.79 Å². The summed E-state index contributed by atoms with van der Waals surface area (Å²) in [5, 5.41) is 13.7. The van der Waals surface area contributed by atoms with Crippen LogP contribution in [0.1, 0.15) is 31.4 Å². The quantitative estimate of drug-likeness (QED) is 0.895. The van der Waals surface area contributed by atoms with Crippen molar-refractivity contribution in [1.82, 2.24) is 5.32 Å². The fraction of sp³-hybridized carbons (Fsp3) is 0.462. The van der Waals surface area contributed by atoms with E-state index in [9.17, 15) is 9.90 Å². The summed E-state index contributed by atoms with van der Waals surface area (Å²) in [6, 6.07) is 5.09. The summed E-state index contributed by atoms with van der Waals surface area (Å²) in [4.78, 5) is 11.7. The van der Waals surface area contributed by atoms with Gasteiger partial charge in [0.1, 0.15) is 0 Å². The zero-order valence-corrected chi connectivity index (χ0v) is 11.5. The fourth-order valence-corrected chi connectivity index (χ4v) is 2.39. The van der Waals surface area contributed by atoms with E-state index in [4.69, 9.17) is 23.2 Å². The first-order valence-electron chi connectivity index (χ1n) is 5.89. The van der Waals surface area contributed by atoms with Gasteiger partial charge in [0.2, 0.25) is 5.91 Å². The van der Waals surface area contributed by atoms with E-state index >= 15 is 0 Å². The summed E-state index contributed by atoms with van der Waals surface area (Å²) in [7, 11) is 0. The summed E-state index contributed by atoms with van der Waals surface area (Å²) in [5.41, 5.74) is 0.562. The molecule has 0 aromatic heterocycles. The second-order valence-corrected chi connectivity index (χ2v) is 5.68. The first-order valence-corrected chi connectivity index (χ1v) is 6.64. The second kappa shape index (κ2) is 5.47. The highest BCUT2D eigenvalue weighted by Crippen LogP contribution is 2.30. The molecular weight excluding hydrogens is 273 g/mol. The molecule has 0 spiro atoms. The second-order valence-electron chi connectivity index (χ2n) is 4.81. The molecule has 1 fully saturated rings. The van der Waals surface area contributed by atoms with Crippen LogP contribution in [0.3, 0.4) is 0 Å². The maximum Gasteiger partial charge on any atom is 0.223 e. The molecule has 3 atom stereocenters. The van der Waals surface area contributed by atoms with Crippen LogP contribution in [0.25, 0.3) is 0 Å². The molecule has 2 N–H and O–H groups in total. The van der Waals surface area contributed by atoms with Crippen LogP contribution in [0.4, 0.5) is 0 Å². The van der Waals surface area contributed by atoms with Crippen molar-refractivity contribution < 1.29 is 9.90 Å². The Bertz CT molecular complexity index is 444. The first kappa shape index (κ1) is 13.7. The average Bonchev–Trinajstić information content (AvgIpc) is 2.92. The average molecular weight is 288 g/mol. The molecule has 3 nitrogen and oxygen atoms in total. The summed E-state index contributed by atoms with van der Waals surface area (Å²) in [6.07, 6.45) is 0.167. The molecule has 3 unspecified atom stereocenters. The van der Waals surface area contributed by atoms with Crippen LogP contribution in [0, 0.1) is 5.92 Å². The van der Waals surface area contributed by atoms with E-state index in [-0.39, 0.29) is 18.4 Å². The Labute approximate surface area is 116 Å². The van der Waals surface area contributed by atoms with Crippen LogP contribution in [0.5, 0.6) is 0 Å². The van der Waals surface area contributed by atoms with Gasteiger partial charge in [-0.2, -0.15) is 0 Å². The van der Waals surface area contributed by atoms with Gasteiger partial charge in [-0.3, -0.25) is 4.79 Å². The molecule has 1 amide bonds. The fourth-order valence-electron chi connectivity index (χ4n) is 1.85. The third-order valence-corrected chi connectivity index (χ3v) is 3.54. The first-order chi connectivity index (χ1) is 8.45. The standard InChI is InChI=1S/C13H15Cl2NO2/c1-7-2-11(7)16-13(18)6-12(17)8-3-9(14)5-10(15)4-8/h3-5,7,11-12,17H,2,6H2,1H3,(H,16,18). The van der Waals surface area contributed by atoms with Crippen molar-refractivity contribution in [2.24, 2.45) is 5.92 Å². The normalized spacial score (nSPS) is 23.6. The van der Waals surface area contributed by atoms with Gasteiger partial charge in [0.25, 0.3) is 0 Å². The molecule has 18 heavy (non-hydrogen) atoms. The molecule has 1 aromatic rings. The third kappa shape index (κ3) is 3.61. The number of aliphatic hydroxyl groups is 1. The lowest BCUT2D eigenvalue weighted by molar-refractivity contribution is -0.123. The summed E-state index contributed by atoms with van der Waals surface area (Å²) in [5.74, 6) is 0.402. The molecule has 0 radical (unpaired) electrons. The van der Waals surface area contributed by atoms with Gasteiger partial charge in [-0.1, -0.05) is 30.1 Å². The number of rotatable bonds is 4. The number of halogens is 2. The minimum Gasteiger partial charge on any atom is -0.388 e. The number of amides is 1. The van der Waals surface area contributed by atoms with Crippen LogP contribution < -0.4 is 5.32 Å². The Balaban J connectivity index is 1.93. The molecule has 1 aromatic carbocycles. The highest BCUT2D eigenvalue weighted by molar-refractivity contribution is 6.34. The molecular formula is C13H15Cl2NO2. The van der Waals surface area contributed by atoms with Crippen molar-refractivity contribution >= 4 is 29.1 Å². The molecule has 0 saturated heterocycles. The van der Waals surface area contributed by atoms with Crippen molar-refractivity contribution in [2.75, 3.05) is 0 Å². The molecule has 1 saturated carbocycles. The van der Waals surface area contributed by atoms with Crippen LogP contribution in [0.2, 0.25) is 10.0 Å². The number of carbonyl (C=O) groups excluding carboxylic acids is 1. The number of hydrogen-bond donors (Lipinski definition) is 2. The number of benzene rings is 1. The van der Waals surface area contributed by atoms with Crippen LogP contribution in [-0.4, -0.2) is 17.1 Å². The van der Waals surface area contributed by atoms with E-state index in [2.05, 4.69) is 12.2 Å². The van der Waals surface area contributed by atoms with Gasteiger partial charge in [-0.25, -0.2) is 0 Å². The van der Waals surface area contributed by atoms with Gasteiger partial charge in [-0.15, -0.1) is 0 Å². The van der Waals surface area contributed by atoms with E-state index in [1.54, 1.807) is 18.2 Å². The number of carbonyl (C=O) groups is 1. The Morgan fingerprint density at radius 2 is 2.00 bits per heavy atom. The smallest absolute Gasteiger partial charge is 0.223 e. The maximum atomic E-state index is 11.7. The lowest BCUT2D eigenvalue weighted by Gasteiger charge is -2.12. The molecule has 0 bridgehead atoms. The number of aliphatic hydroxyl groups excluding tert-OH is 1. The largest absolute Gasteiger partial charge is 0.388 e. The summed E-state index contributed by atoms with van der Waals surface area (Å²) >= 11 is 11.7. The molecule has 2 rings (SSSR count). The molecule has 5 heteroatoms. The highest BCUT2D eigenvalue weighted by Gasteiger charge is 2.34. The zero-order valence-electron chi connectivity index (χ0n) is 9.99. The minimum absolute atomic E-state index is 0.0277. The molecule has 1 aliphatic rings. The Hall–Kier alpha value is -0.770. The van der Waals surface area contributed by atoms with E-state index in [1.807, 2.05) is 0 Å². The van der Waals surface area contributed by atoms with Crippen LogP contribution in [0.15, 0.2) is 18.2 Å². The minimum atomic E-state index is -0.879. The maximum absolute atomic E-state index is 11.7.